The highest BCUT2D eigenvalue weighted by molar-refractivity contribution is 5.83. The molecule has 2 amide bonds. The molecule has 0 unspecified atom stereocenters. The molecular weight excluding hydrogens is 308 g/mol. The van der Waals surface area contributed by atoms with Crippen molar-refractivity contribution in [3.05, 3.63) is 29.8 Å². The van der Waals surface area contributed by atoms with Gasteiger partial charge in [0.15, 0.2) is 0 Å². The number of carbonyl (C=O) groups is 2. The smallest absolute Gasteiger partial charge is 0.224 e. The number of nitrogens with zero attached hydrogens (tertiary/aromatic N) is 1. The number of rotatable bonds is 8. The van der Waals surface area contributed by atoms with Gasteiger partial charge in [-0.25, -0.2) is 0 Å². The molecule has 0 saturated carbocycles. The predicted octanol–water partition coefficient (Wildman–Crippen LogP) is 0.975. The van der Waals surface area contributed by atoms with Crippen molar-refractivity contribution in [2.45, 2.75) is 25.7 Å². The maximum atomic E-state index is 12.1. The summed E-state index contributed by atoms with van der Waals surface area (Å²) in [4.78, 5) is 26.0. The van der Waals surface area contributed by atoms with E-state index < -0.39 is 0 Å². The Kier molecular flexibility index (Phi) is 7.06. The number of piperidine rings is 1. The molecule has 0 spiro atoms. The maximum Gasteiger partial charge on any atom is 0.224 e. The van der Waals surface area contributed by atoms with Gasteiger partial charge in [0, 0.05) is 32.7 Å². The average Bonchev–Trinajstić information content (AvgIpc) is 2.61. The first-order valence-corrected chi connectivity index (χ1v) is 8.43. The predicted molar refractivity (Wildman–Crippen MR) is 90.7 cm³/mol. The maximum absolute atomic E-state index is 12.1. The van der Waals surface area contributed by atoms with Gasteiger partial charge >= 0.3 is 0 Å². The first-order valence-electron chi connectivity index (χ1n) is 8.43. The number of amides is 2. The third kappa shape index (κ3) is 5.23. The first-order chi connectivity index (χ1) is 11.6. The Morgan fingerprint density at radius 3 is 2.79 bits per heavy atom. The molecule has 24 heavy (non-hydrogen) atoms. The summed E-state index contributed by atoms with van der Waals surface area (Å²) in [7, 11) is 1.63. The number of aliphatic hydroxyl groups excluding tert-OH is 1. The molecule has 1 saturated heterocycles. The van der Waals surface area contributed by atoms with E-state index in [0.717, 1.165) is 17.7 Å². The number of methoxy groups -OCH3 is 1. The van der Waals surface area contributed by atoms with Gasteiger partial charge in [-0.15, -0.1) is 0 Å². The van der Waals surface area contributed by atoms with E-state index in [9.17, 15) is 9.59 Å². The minimum Gasteiger partial charge on any atom is -0.497 e. The van der Waals surface area contributed by atoms with Crippen LogP contribution < -0.4 is 10.1 Å². The van der Waals surface area contributed by atoms with Gasteiger partial charge in [-0.2, -0.15) is 0 Å². The molecule has 1 aliphatic rings. The van der Waals surface area contributed by atoms with Gasteiger partial charge in [-0.05, 0) is 37.0 Å². The van der Waals surface area contributed by atoms with Crippen LogP contribution in [0.15, 0.2) is 24.3 Å². The number of hydrogen-bond donors (Lipinski definition) is 2. The Morgan fingerprint density at radius 1 is 1.38 bits per heavy atom. The fraction of sp³-hybridized carbons (Fsp3) is 0.556. The molecule has 2 rings (SSSR count). The Bertz CT molecular complexity index is 544. The van der Waals surface area contributed by atoms with Crippen molar-refractivity contribution in [3.8, 4) is 5.75 Å². The molecule has 0 bridgehead atoms. The third-order valence-electron chi connectivity index (χ3n) is 4.33. The molecule has 132 valence electrons. The molecule has 2 N–H and O–H groups in total. The zero-order valence-corrected chi connectivity index (χ0v) is 14.2. The number of benzene rings is 1. The number of nitrogens with one attached hydrogen (secondary N) is 1. The Morgan fingerprint density at radius 2 is 2.12 bits per heavy atom. The summed E-state index contributed by atoms with van der Waals surface area (Å²) < 4.78 is 5.14. The summed E-state index contributed by atoms with van der Waals surface area (Å²) in [5.41, 5.74) is 1.14. The van der Waals surface area contributed by atoms with Crippen molar-refractivity contribution in [3.63, 3.8) is 0 Å². The van der Waals surface area contributed by atoms with E-state index in [1.807, 2.05) is 24.3 Å². The number of aliphatic hydroxyl groups is 1. The lowest BCUT2D eigenvalue weighted by atomic mass is 9.96. The van der Waals surface area contributed by atoms with Crippen LogP contribution in [0.25, 0.3) is 0 Å². The molecule has 1 aliphatic heterocycles. The van der Waals surface area contributed by atoms with Crippen LogP contribution in [0, 0.1) is 5.92 Å². The molecule has 0 aliphatic carbocycles. The number of hydrogen-bond acceptors (Lipinski definition) is 4. The van der Waals surface area contributed by atoms with Crippen LogP contribution in [0.1, 0.15) is 24.8 Å². The molecule has 0 aromatic heterocycles. The van der Waals surface area contributed by atoms with Crippen LogP contribution in [-0.4, -0.2) is 55.2 Å². The van der Waals surface area contributed by atoms with Crippen LogP contribution in [-0.2, 0) is 16.0 Å². The van der Waals surface area contributed by atoms with Gasteiger partial charge < -0.3 is 20.1 Å². The van der Waals surface area contributed by atoms with Gasteiger partial charge in [0.2, 0.25) is 11.8 Å². The van der Waals surface area contributed by atoms with Crippen molar-refractivity contribution < 1.29 is 19.4 Å². The molecule has 1 heterocycles. The van der Waals surface area contributed by atoms with E-state index in [0.29, 0.717) is 38.9 Å². The third-order valence-corrected chi connectivity index (χ3v) is 4.33. The fourth-order valence-electron chi connectivity index (χ4n) is 2.84. The van der Waals surface area contributed by atoms with Crippen LogP contribution in [0.3, 0.4) is 0 Å². The van der Waals surface area contributed by atoms with E-state index in [2.05, 4.69) is 5.32 Å². The zero-order chi connectivity index (χ0) is 17.4. The van der Waals surface area contributed by atoms with Gasteiger partial charge in [-0.1, -0.05) is 12.1 Å². The second kappa shape index (κ2) is 9.27. The number of likely N-dealkylation sites (tertiary alicyclic amines) is 1. The van der Waals surface area contributed by atoms with Gasteiger partial charge in [0.25, 0.3) is 0 Å². The monoisotopic (exact) mass is 334 g/mol. The highest BCUT2D eigenvalue weighted by Gasteiger charge is 2.29. The molecule has 6 heteroatoms. The fourth-order valence-corrected chi connectivity index (χ4v) is 2.84. The molecule has 1 aromatic rings. The van der Waals surface area contributed by atoms with Gasteiger partial charge in [0.1, 0.15) is 5.75 Å². The van der Waals surface area contributed by atoms with Gasteiger partial charge in [-0.3, -0.25) is 9.59 Å². The summed E-state index contributed by atoms with van der Waals surface area (Å²) in [6, 6.07) is 7.80. The lowest BCUT2D eigenvalue weighted by molar-refractivity contribution is -0.138. The van der Waals surface area contributed by atoms with Crippen molar-refractivity contribution in [1.82, 2.24) is 10.2 Å². The highest BCUT2D eigenvalue weighted by Crippen LogP contribution is 2.19. The molecule has 6 nitrogen and oxygen atoms in total. The molecular formula is C18H26N2O4. The number of carbonyl (C=O) groups excluding carboxylic acids is 2. The van der Waals surface area contributed by atoms with E-state index in [4.69, 9.17) is 9.84 Å². The van der Waals surface area contributed by atoms with Crippen LogP contribution >= 0.6 is 0 Å². The van der Waals surface area contributed by atoms with Crippen molar-refractivity contribution in [1.29, 1.82) is 0 Å². The summed E-state index contributed by atoms with van der Waals surface area (Å²) in [5.74, 6) is 0.748. The SMILES string of the molecule is COc1ccc(CCN2C[C@@H](C(=O)NCCCO)CCC2=O)cc1. The molecule has 1 atom stereocenters. The quantitative estimate of drug-likeness (QED) is 0.695. The van der Waals surface area contributed by atoms with Crippen molar-refractivity contribution in [2.75, 3.05) is 33.4 Å². The largest absolute Gasteiger partial charge is 0.497 e. The van der Waals surface area contributed by atoms with E-state index >= 15 is 0 Å². The lowest BCUT2D eigenvalue weighted by Crippen LogP contribution is -2.46. The average molecular weight is 334 g/mol. The zero-order valence-electron chi connectivity index (χ0n) is 14.2. The minimum atomic E-state index is -0.155. The summed E-state index contributed by atoms with van der Waals surface area (Å²) >= 11 is 0. The Labute approximate surface area is 142 Å². The highest BCUT2D eigenvalue weighted by atomic mass is 16.5. The second-order valence-corrected chi connectivity index (χ2v) is 6.04. The van der Waals surface area contributed by atoms with Crippen molar-refractivity contribution in [2.24, 2.45) is 5.92 Å². The summed E-state index contributed by atoms with van der Waals surface area (Å²) in [6.45, 7) is 1.63. The van der Waals surface area contributed by atoms with Crippen LogP contribution in [0.4, 0.5) is 0 Å². The molecule has 1 fully saturated rings. The topological polar surface area (TPSA) is 78.9 Å². The standard InChI is InChI=1S/C18H26N2O4/c1-24-16-6-3-14(4-7-16)9-11-20-13-15(5-8-17(20)22)18(23)19-10-2-12-21/h3-4,6-7,15,21H,2,5,8-13H2,1H3,(H,19,23)/t15-/m0/s1. The lowest BCUT2D eigenvalue weighted by Gasteiger charge is -2.32. The Balaban J connectivity index is 1.84. The number of ether oxygens (including phenoxy) is 1. The second-order valence-electron chi connectivity index (χ2n) is 6.04. The molecule has 0 radical (unpaired) electrons. The van der Waals surface area contributed by atoms with Crippen molar-refractivity contribution >= 4 is 11.8 Å². The summed E-state index contributed by atoms with van der Waals surface area (Å²) in [5, 5.41) is 11.6. The van der Waals surface area contributed by atoms with Crippen LogP contribution in [0.2, 0.25) is 0 Å². The van der Waals surface area contributed by atoms with E-state index in [-0.39, 0.29) is 24.3 Å². The van der Waals surface area contributed by atoms with Gasteiger partial charge in [0.05, 0.1) is 13.0 Å². The Hall–Kier alpha value is -2.08. The molecule has 1 aromatic carbocycles. The van der Waals surface area contributed by atoms with E-state index in [1.165, 1.54) is 0 Å². The first kappa shape index (κ1) is 18.3. The normalized spacial score (nSPS) is 17.7. The minimum absolute atomic E-state index is 0.0228. The summed E-state index contributed by atoms with van der Waals surface area (Å²) in [6.07, 6.45) is 2.33. The van der Waals surface area contributed by atoms with Crippen LogP contribution in [0.5, 0.6) is 5.75 Å². The van der Waals surface area contributed by atoms with E-state index in [1.54, 1.807) is 12.0 Å².